The standard InChI is InChI=1S/C21H33N3O7/c25-18(26)12-21(13-19(27)28,14-20(29)30)16-24-9-8-22-6-7-23-10-11-31-15-17-4-2-1-3-5-17/h1-5,22-24H,6-16H2,(H,25,26)(H,27,28)(H,29,30). The van der Waals surface area contributed by atoms with Crippen LogP contribution in [0.25, 0.3) is 0 Å². The minimum Gasteiger partial charge on any atom is -0.481 e. The summed E-state index contributed by atoms with van der Waals surface area (Å²) in [5.74, 6) is -3.66. The van der Waals surface area contributed by atoms with Gasteiger partial charge in [0.15, 0.2) is 0 Å². The molecule has 174 valence electrons. The first-order valence-corrected chi connectivity index (χ1v) is 10.2. The Labute approximate surface area is 182 Å². The van der Waals surface area contributed by atoms with E-state index in [4.69, 9.17) is 20.1 Å². The number of rotatable bonds is 19. The number of aliphatic carboxylic acids is 3. The van der Waals surface area contributed by atoms with Gasteiger partial charge in [-0.25, -0.2) is 0 Å². The average Bonchev–Trinajstić information content (AvgIpc) is 2.68. The Hall–Kier alpha value is -2.53. The summed E-state index contributed by atoms with van der Waals surface area (Å²) in [7, 11) is 0. The summed E-state index contributed by atoms with van der Waals surface area (Å²) in [5.41, 5.74) is -0.235. The van der Waals surface area contributed by atoms with Crippen LogP contribution in [0.5, 0.6) is 0 Å². The number of carbonyl (C=O) groups is 3. The smallest absolute Gasteiger partial charge is 0.303 e. The van der Waals surface area contributed by atoms with Crippen LogP contribution in [-0.2, 0) is 25.7 Å². The van der Waals surface area contributed by atoms with Crippen LogP contribution in [0.4, 0.5) is 0 Å². The molecule has 31 heavy (non-hydrogen) atoms. The second kappa shape index (κ2) is 15.3. The maximum atomic E-state index is 11.1. The van der Waals surface area contributed by atoms with Gasteiger partial charge in [-0.3, -0.25) is 14.4 Å². The van der Waals surface area contributed by atoms with Crippen molar-refractivity contribution < 1.29 is 34.4 Å². The summed E-state index contributed by atoms with van der Waals surface area (Å²) in [5, 5.41) is 36.6. The van der Waals surface area contributed by atoms with Crippen molar-refractivity contribution >= 4 is 17.9 Å². The van der Waals surface area contributed by atoms with Crippen molar-refractivity contribution in [2.24, 2.45) is 5.41 Å². The molecule has 1 rings (SSSR count). The van der Waals surface area contributed by atoms with E-state index in [-0.39, 0.29) is 6.54 Å². The molecule has 1 aromatic rings. The van der Waals surface area contributed by atoms with E-state index in [9.17, 15) is 14.4 Å². The topological polar surface area (TPSA) is 157 Å². The van der Waals surface area contributed by atoms with Gasteiger partial charge >= 0.3 is 17.9 Å². The Kier molecular flexibility index (Phi) is 13.1. The van der Waals surface area contributed by atoms with E-state index in [2.05, 4.69) is 16.0 Å². The third-order valence-electron chi connectivity index (χ3n) is 4.57. The van der Waals surface area contributed by atoms with Crippen molar-refractivity contribution in [2.45, 2.75) is 25.9 Å². The van der Waals surface area contributed by atoms with Gasteiger partial charge in [-0.2, -0.15) is 0 Å². The van der Waals surface area contributed by atoms with Crippen molar-refractivity contribution in [3.8, 4) is 0 Å². The van der Waals surface area contributed by atoms with Gasteiger partial charge in [0.05, 0.1) is 32.5 Å². The summed E-state index contributed by atoms with van der Waals surface area (Å²) in [6.07, 6.45) is -1.58. The SMILES string of the molecule is O=C(O)CC(CNCCNCCNCCOCc1ccccc1)(CC(=O)O)CC(=O)O. The van der Waals surface area contributed by atoms with Gasteiger partial charge < -0.3 is 36.0 Å². The molecule has 0 bridgehead atoms. The maximum absolute atomic E-state index is 11.1. The molecular weight excluding hydrogens is 406 g/mol. The largest absolute Gasteiger partial charge is 0.481 e. The molecule has 0 saturated carbocycles. The minimum absolute atomic E-state index is 0.00339. The lowest BCUT2D eigenvalue weighted by molar-refractivity contribution is -0.147. The van der Waals surface area contributed by atoms with Gasteiger partial charge in [-0.05, 0) is 5.56 Å². The second-order valence-electron chi connectivity index (χ2n) is 7.43. The second-order valence-corrected chi connectivity index (χ2v) is 7.43. The number of ether oxygens (including phenoxy) is 1. The Morgan fingerprint density at radius 2 is 1.23 bits per heavy atom. The van der Waals surface area contributed by atoms with E-state index in [1.165, 1.54) is 0 Å². The number of carboxylic acid groups (broad SMARTS) is 3. The Balaban J connectivity index is 2.13. The fourth-order valence-corrected chi connectivity index (χ4v) is 3.20. The molecule has 0 aliphatic rings. The van der Waals surface area contributed by atoms with Crippen molar-refractivity contribution in [1.29, 1.82) is 0 Å². The highest BCUT2D eigenvalue weighted by atomic mass is 16.5. The van der Waals surface area contributed by atoms with E-state index in [1.807, 2.05) is 30.3 Å². The number of hydrogen-bond acceptors (Lipinski definition) is 7. The fraction of sp³-hybridized carbons (Fsp3) is 0.571. The molecular formula is C21H33N3O7. The first kappa shape index (κ1) is 26.5. The average molecular weight is 440 g/mol. The molecule has 0 heterocycles. The van der Waals surface area contributed by atoms with Gasteiger partial charge in [0, 0.05) is 44.7 Å². The molecule has 10 nitrogen and oxygen atoms in total. The van der Waals surface area contributed by atoms with Crippen LogP contribution in [0, 0.1) is 5.41 Å². The summed E-state index contributed by atoms with van der Waals surface area (Å²) in [6, 6.07) is 9.94. The first-order chi connectivity index (χ1) is 14.8. The number of nitrogens with one attached hydrogen (secondary N) is 3. The monoisotopic (exact) mass is 439 g/mol. The van der Waals surface area contributed by atoms with Crippen molar-refractivity contribution in [2.75, 3.05) is 45.9 Å². The molecule has 0 aliphatic carbocycles. The van der Waals surface area contributed by atoms with Gasteiger partial charge in [0.2, 0.25) is 0 Å². The molecule has 0 atom stereocenters. The predicted octanol–water partition coefficient (Wildman–Crippen LogP) is 0.383. The molecule has 0 aromatic heterocycles. The quantitative estimate of drug-likeness (QED) is 0.167. The molecule has 10 heteroatoms. The predicted molar refractivity (Wildman–Crippen MR) is 114 cm³/mol. The van der Waals surface area contributed by atoms with Crippen LogP contribution in [0.15, 0.2) is 30.3 Å². The van der Waals surface area contributed by atoms with Gasteiger partial charge in [0.25, 0.3) is 0 Å². The third-order valence-corrected chi connectivity index (χ3v) is 4.57. The highest BCUT2D eigenvalue weighted by Crippen LogP contribution is 2.30. The van der Waals surface area contributed by atoms with E-state index < -0.39 is 42.6 Å². The Morgan fingerprint density at radius 1 is 0.742 bits per heavy atom. The zero-order chi connectivity index (χ0) is 23.0. The van der Waals surface area contributed by atoms with Crippen molar-refractivity contribution in [1.82, 2.24) is 16.0 Å². The first-order valence-electron chi connectivity index (χ1n) is 10.2. The molecule has 6 N–H and O–H groups in total. The van der Waals surface area contributed by atoms with Gasteiger partial charge in [-0.15, -0.1) is 0 Å². The maximum Gasteiger partial charge on any atom is 0.303 e. The molecule has 1 aromatic carbocycles. The Bertz CT molecular complexity index is 629. The lowest BCUT2D eigenvalue weighted by atomic mass is 9.78. The Morgan fingerprint density at radius 3 is 1.74 bits per heavy atom. The van der Waals surface area contributed by atoms with Crippen LogP contribution in [0.2, 0.25) is 0 Å². The normalized spacial score (nSPS) is 11.4. The summed E-state index contributed by atoms with van der Waals surface area (Å²) in [6.45, 7) is 4.41. The van der Waals surface area contributed by atoms with Crippen LogP contribution >= 0.6 is 0 Å². The van der Waals surface area contributed by atoms with Crippen molar-refractivity contribution in [3.63, 3.8) is 0 Å². The molecule has 0 fully saturated rings. The van der Waals surface area contributed by atoms with Gasteiger partial charge in [0.1, 0.15) is 0 Å². The molecule has 0 radical (unpaired) electrons. The van der Waals surface area contributed by atoms with Crippen molar-refractivity contribution in [3.05, 3.63) is 35.9 Å². The molecule has 0 spiro atoms. The van der Waals surface area contributed by atoms with E-state index in [0.29, 0.717) is 32.8 Å². The van der Waals surface area contributed by atoms with E-state index in [1.54, 1.807) is 0 Å². The zero-order valence-electron chi connectivity index (χ0n) is 17.6. The molecule has 0 unspecified atom stereocenters. The number of carboxylic acids is 3. The van der Waals surface area contributed by atoms with Crippen LogP contribution in [0.1, 0.15) is 24.8 Å². The lowest BCUT2D eigenvalue weighted by Crippen LogP contribution is -2.42. The summed E-state index contributed by atoms with van der Waals surface area (Å²) in [4.78, 5) is 33.3. The number of hydrogen-bond donors (Lipinski definition) is 6. The van der Waals surface area contributed by atoms with Crippen LogP contribution in [-0.4, -0.2) is 79.1 Å². The van der Waals surface area contributed by atoms with Gasteiger partial charge in [-0.1, -0.05) is 30.3 Å². The zero-order valence-corrected chi connectivity index (χ0v) is 17.6. The lowest BCUT2D eigenvalue weighted by Gasteiger charge is -2.29. The van der Waals surface area contributed by atoms with E-state index >= 15 is 0 Å². The molecule has 0 saturated heterocycles. The fourth-order valence-electron chi connectivity index (χ4n) is 3.20. The highest BCUT2D eigenvalue weighted by Gasteiger charge is 2.37. The van der Waals surface area contributed by atoms with Crippen LogP contribution < -0.4 is 16.0 Å². The highest BCUT2D eigenvalue weighted by molar-refractivity contribution is 5.75. The summed E-state index contributed by atoms with van der Waals surface area (Å²) >= 11 is 0. The molecule has 0 aliphatic heterocycles. The minimum atomic E-state index is -1.37. The van der Waals surface area contributed by atoms with E-state index in [0.717, 1.165) is 18.7 Å². The third kappa shape index (κ3) is 13.4. The van der Waals surface area contributed by atoms with Crippen LogP contribution in [0.3, 0.4) is 0 Å². The summed E-state index contributed by atoms with van der Waals surface area (Å²) < 4.78 is 5.58. The molecule has 0 amide bonds. The number of benzene rings is 1.